The Labute approximate surface area is 180 Å². The number of hydrogen-bond donors (Lipinski definition) is 0. The molecule has 0 saturated heterocycles. The maximum absolute atomic E-state index is 13.0. The summed E-state index contributed by atoms with van der Waals surface area (Å²) in [6, 6.07) is 14.6. The molecule has 0 radical (unpaired) electrons. The molecule has 3 aromatic rings. The van der Waals surface area contributed by atoms with Gasteiger partial charge in [-0.25, -0.2) is 0 Å². The minimum Gasteiger partial charge on any atom is -0.335 e. The van der Waals surface area contributed by atoms with Gasteiger partial charge in [0.2, 0.25) is 5.91 Å². The number of hydrogen-bond acceptors (Lipinski definition) is 4. The van der Waals surface area contributed by atoms with Crippen molar-refractivity contribution < 1.29 is 4.79 Å². The van der Waals surface area contributed by atoms with Gasteiger partial charge in [-0.15, -0.1) is 10.2 Å². The van der Waals surface area contributed by atoms with Gasteiger partial charge in [0.15, 0.2) is 5.16 Å². The molecular formula is C22H23ClN4OS. The van der Waals surface area contributed by atoms with Crippen LogP contribution in [0.25, 0.3) is 5.69 Å². The van der Waals surface area contributed by atoms with E-state index in [-0.39, 0.29) is 5.91 Å². The second kappa shape index (κ2) is 8.59. The molecule has 0 aliphatic heterocycles. The zero-order chi connectivity index (χ0) is 20.4. The summed E-state index contributed by atoms with van der Waals surface area (Å²) in [6.45, 7) is 4.69. The van der Waals surface area contributed by atoms with Crippen LogP contribution in [0, 0.1) is 13.8 Å². The highest BCUT2D eigenvalue weighted by atomic mass is 35.5. The summed E-state index contributed by atoms with van der Waals surface area (Å²) in [5, 5.41) is 9.59. The molecule has 0 bridgehead atoms. The van der Waals surface area contributed by atoms with Gasteiger partial charge < -0.3 is 4.90 Å². The molecule has 1 heterocycles. The van der Waals surface area contributed by atoms with Gasteiger partial charge in [0.1, 0.15) is 6.33 Å². The number of carbonyl (C=O) groups excluding carboxylic acids is 1. The normalized spacial score (nSPS) is 13.5. The maximum Gasteiger partial charge on any atom is 0.233 e. The highest BCUT2D eigenvalue weighted by Crippen LogP contribution is 2.30. The van der Waals surface area contributed by atoms with Crippen LogP contribution in [0.3, 0.4) is 0 Å². The third-order valence-corrected chi connectivity index (χ3v) is 6.39. The number of aryl methyl sites for hydroxylation is 2. The highest BCUT2D eigenvalue weighted by molar-refractivity contribution is 7.99. The monoisotopic (exact) mass is 426 g/mol. The van der Waals surface area contributed by atoms with E-state index < -0.39 is 0 Å². The maximum atomic E-state index is 13.0. The third kappa shape index (κ3) is 4.82. The molecule has 7 heteroatoms. The van der Waals surface area contributed by atoms with Crippen molar-refractivity contribution in [3.63, 3.8) is 0 Å². The van der Waals surface area contributed by atoms with Gasteiger partial charge in [0.05, 0.1) is 11.4 Å². The third-order valence-electron chi connectivity index (χ3n) is 5.06. The lowest BCUT2D eigenvalue weighted by Gasteiger charge is -2.22. The lowest BCUT2D eigenvalue weighted by Crippen LogP contribution is -2.34. The van der Waals surface area contributed by atoms with Crippen molar-refractivity contribution in [1.29, 1.82) is 0 Å². The molecule has 0 spiro atoms. The van der Waals surface area contributed by atoms with E-state index in [9.17, 15) is 4.79 Å². The first-order chi connectivity index (χ1) is 14.0. The van der Waals surface area contributed by atoms with Crippen molar-refractivity contribution in [2.75, 3.05) is 5.75 Å². The van der Waals surface area contributed by atoms with E-state index in [0.29, 0.717) is 28.5 Å². The fourth-order valence-electron chi connectivity index (χ4n) is 3.14. The molecule has 1 aliphatic rings. The van der Waals surface area contributed by atoms with Crippen molar-refractivity contribution in [1.82, 2.24) is 19.7 Å². The van der Waals surface area contributed by atoms with Gasteiger partial charge in [-0.2, -0.15) is 0 Å². The Hall–Kier alpha value is -2.31. The van der Waals surface area contributed by atoms with Crippen LogP contribution in [0.2, 0.25) is 5.02 Å². The fraction of sp³-hybridized carbons (Fsp3) is 0.318. The smallest absolute Gasteiger partial charge is 0.233 e. The van der Waals surface area contributed by atoms with Crippen LogP contribution in [0.5, 0.6) is 0 Å². The van der Waals surface area contributed by atoms with Crippen LogP contribution in [-0.4, -0.2) is 37.4 Å². The second-order valence-electron chi connectivity index (χ2n) is 7.44. The van der Waals surface area contributed by atoms with Crippen LogP contribution in [0.4, 0.5) is 0 Å². The van der Waals surface area contributed by atoms with Crippen LogP contribution in [-0.2, 0) is 11.3 Å². The van der Waals surface area contributed by atoms with Crippen LogP contribution in [0.15, 0.2) is 53.9 Å². The Morgan fingerprint density at radius 2 is 1.97 bits per heavy atom. The molecule has 1 fully saturated rings. The first-order valence-corrected chi connectivity index (χ1v) is 11.0. The van der Waals surface area contributed by atoms with E-state index in [1.807, 2.05) is 34.6 Å². The van der Waals surface area contributed by atoms with Crippen molar-refractivity contribution >= 4 is 29.3 Å². The Morgan fingerprint density at radius 1 is 1.21 bits per heavy atom. The van der Waals surface area contributed by atoms with E-state index >= 15 is 0 Å². The molecule has 1 saturated carbocycles. The Balaban J connectivity index is 1.44. The minimum atomic E-state index is 0.134. The largest absolute Gasteiger partial charge is 0.335 e. The van der Waals surface area contributed by atoms with E-state index in [1.165, 1.54) is 22.9 Å². The van der Waals surface area contributed by atoms with Crippen molar-refractivity contribution in [2.45, 2.75) is 44.4 Å². The Bertz CT molecular complexity index is 1010. The summed E-state index contributed by atoms with van der Waals surface area (Å²) in [6.07, 6.45) is 3.82. The summed E-state index contributed by atoms with van der Waals surface area (Å²) < 4.78 is 1.87. The second-order valence-corrected chi connectivity index (χ2v) is 8.79. The molecular weight excluding hydrogens is 404 g/mol. The summed E-state index contributed by atoms with van der Waals surface area (Å²) in [5.41, 5.74) is 4.30. The summed E-state index contributed by atoms with van der Waals surface area (Å²) in [4.78, 5) is 15.0. The first-order valence-electron chi connectivity index (χ1n) is 9.65. The zero-order valence-corrected chi connectivity index (χ0v) is 18.1. The minimum absolute atomic E-state index is 0.134. The first kappa shape index (κ1) is 20.0. The van der Waals surface area contributed by atoms with Crippen LogP contribution < -0.4 is 0 Å². The van der Waals surface area contributed by atoms with E-state index in [1.54, 1.807) is 6.33 Å². The predicted molar refractivity (Wildman–Crippen MR) is 117 cm³/mol. The molecule has 0 unspecified atom stereocenters. The van der Waals surface area contributed by atoms with E-state index in [0.717, 1.165) is 24.1 Å². The predicted octanol–water partition coefficient (Wildman–Crippen LogP) is 4.82. The standard InChI is InChI=1S/C22H23ClN4OS/c1-15-3-6-17(7-4-15)12-26(18-9-10-18)21(28)13-29-22-25-24-14-27(22)19-8-5-16(2)20(23)11-19/h3-8,11,14,18H,9-10,12-13H2,1-2H3. The molecule has 4 rings (SSSR count). The van der Waals surface area contributed by atoms with Crippen molar-refractivity contribution in [3.05, 3.63) is 70.5 Å². The molecule has 0 atom stereocenters. The molecule has 1 aromatic heterocycles. The highest BCUT2D eigenvalue weighted by Gasteiger charge is 2.32. The molecule has 2 aromatic carbocycles. The van der Waals surface area contributed by atoms with Crippen LogP contribution >= 0.6 is 23.4 Å². The van der Waals surface area contributed by atoms with E-state index in [2.05, 4.69) is 41.4 Å². The molecule has 29 heavy (non-hydrogen) atoms. The van der Waals surface area contributed by atoms with Gasteiger partial charge >= 0.3 is 0 Å². The number of benzene rings is 2. The lowest BCUT2D eigenvalue weighted by atomic mass is 10.1. The molecule has 0 N–H and O–H groups in total. The SMILES string of the molecule is Cc1ccc(CN(C(=O)CSc2nncn2-c2ccc(C)c(Cl)c2)C2CC2)cc1. The van der Waals surface area contributed by atoms with Gasteiger partial charge in [0, 0.05) is 17.6 Å². The molecule has 150 valence electrons. The Morgan fingerprint density at radius 3 is 2.66 bits per heavy atom. The average molecular weight is 427 g/mol. The number of carbonyl (C=O) groups is 1. The lowest BCUT2D eigenvalue weighted by molar-refractivity contribution is -0.129. The number of amides is 1. The van der Waals surface area contributed by atoms with Gasteiger partial charge in [-0.3, -0.25) is 9.36 Å². The quantitative estimate of drug-likeness (QED) is 0.508. The number of halogens is 1. The van der Waals surface area contributed by atoms with Gasteiger partial charge in [-0.05, 0) is 49.9 Å². The number of thioether (sulfide) groups is 1. The summed E-state index contributed by atoms with van der Waals surface area (Å²) >= 11 is 7.67. The number of aromatic nitrogens is 3. The van der Waals surface area contributed by atoms with Crippen LogP contribution in [0.1, 0.15) is 29.5 Å². The van der Waals surface area contributed by atoms with Gasteiger partial charge in [-0.1, -0.05) is 59.3 Å². The Kier molecular flexibility index (Phi) is 5.92. The topological polar surface area (TPSA) is 51.0 Å². The number of rotatable bonds is 7. The van der Waals surface area contributed by atoms with E-state index in [4.69, 9.17) is 11.6 Å². The fourth-order valence-corrected chi connectivity index (χ4v) is 4.13. The van der Waals surface area contributed by atoms with Gasteiger partial charge in [0.25, 0.3) is 0 Å². The summed E-state index contributed by atoms with van der Waals surface area (Å²) in [5.74, 6) is 0.468. The van der Waals surface area contributed by atoms with Crippen molar-refractivity contribution in [3.8, 4) is 5.69 Å². The average Bonchev–Trinajstić information content (AvgIpc) is 3.45. The summed E-state index contributed by atoms with van der Waals surface area (Å²) in [7, 11) is 0. The molecule has 1 amide bonds. The molecule has 1 aliphatic carbocycles. The zero-order valence-electron chi connectivity index (χ0n) is 16.5. The molecule has 5 nitrogen and oxygen atoms in total. The number of nitrogens with zero attached hydrogens (tertiary/aromatic N) is 4. The van der Waals surface area contributed by atoms with Crippen molar-refractivity contribution in [2.24, 2.45) is 0 Å².